The van der Waals surface area contributed by atoms with E-state index in [0.29, 0.717) is 0 Å². The highest BCUT2D eigenvalue weighted by Gasteiger charge is 2.32. The summed E-state index contributed by atoms with van der Waals surface area (Å²) in [7, 11) is 0. The number of nitrogens with one attached hydrogen (secondary N) is 1. The van der Waals surface area contributed by atoms with Crippen LogP contribution in [-0.4, -0.2) is 18.3 Å². The van der Waals surface area contributed by atoms with Crippen molar-refractivity contribution in [3.05, 3.63) is 53.3 Å². The number of rotatable bonds is 7. The van der Waals surface area contributed by atoms with Crippen molar-refractivity contribution >= 4 is 17.9 Å². The van der Waals surface area contributed by atoms with Crippen molar-refractivity contribution in [2.24, 2.45) is 0 Å². The van der Waals surface area contributed by atoms with Crippen LogP contribution in [0.25, 0.3) is 11.1 Å². The second-order valence-electron chi connectivity index (χ2n) is 9.32. The molecule has 2 aromatic carbocycles. The van der Waals surface area contributed by atoms with Gasteiger partial charge in [-0.05, 0) is 93.2 Å². The van der Waals surface area contributed by atoms with Crippen LogP contribution in [-0.2, 0) is 10.2 Å². The maximum atomic E-state index is 15.0. The Morgan fingerprint density at radius 2 is 1.81 bits per heavy atom. The largest absolute Gasteiger partial charge is 0.490 e. The smallest absolute Gasteiger partial charge is 0.239 e. The summed E-state index contributed by atoms with van der Waals surface area (Å²) < 4.78 is 24.3. The first kappa shape index (κ1) is 22.2. The lowest BCUT2D eigenvalue weighted by molar-refractivity contribution is -0.123. The fraction of sp³-hybridized carbons (Fsp3) is 0.500. The molecule has 0 unspecified atom stereocenters. The molecule has 0 radical (unpaired) electrons. The quantitative estimate of drug-likeness (QED) is 0.483. The van der Waals surface area contributed by atoms with Crippen LogP contribution in [0.15, 0.2) is 36.4 Å². The number of carbonyl (C=O) groups excluding carboxylic acids is 1. The summed E-state index contributed by atoms with van der Waals surface area (Å²) in [6, 6.07) is 11.4. The van der Waals surface area contributed by atoms with Crippen molar-refractivity contribution in [1.82, 2.24) is 4.72 Å². The van der Waals surface area contributed by atoms with Crippen LogP contribution in [0.3, 0.4) is 0 Å². The Morgan fingerprint density at radius 3 is 2.45 bits per heavy atom. The van der Waals surface area contributed by atoms with E-state index in [1.807, 2.05) is 44.4 Å². The van der Waals surface area contributed by atoms with E-state index in [4.69, 9.17) is 4.74 Å². The SMILES string of the molecule is CSNC(=O)C(C)(C)c1ccc(OC2CCCC2)c(-c2cccc(F)c2C2CCC2)c1. The third-order valence-corrected chi connectivity index (χ3v) is 7.31. The van der Waals surface area contributed by atoms with Gasteiger partial charge >= 0.3 is 0 Å². The Kier molecular flexibility index (Phi) is 6.61. The number of hydrogen-bond donors (Lipinski definition) is 1. The van der Waals surface area contributed by atoms with Crippen molar-refractivity contribution in [3.63, 3.8) is 0 Å². The molecule has 1 N–H and O–H groups in total. The summed E-state index contributed by atoms with van der Waals surface area (Å²) in [6.07, 6.45) is 9.73. The summed E-state index contributed by atoms with van der Waals surface area (Å²) in [5.41, 5.74) is 2.79. The topological polar surface area (TPSA) is 38.3 Å². The van der Waals surface area contributed by atoms with Crippen molar-refractivity contribution in [3.8, 4) is 16.9 Å². The van der Waals surface area contributed by atoms with Gasteiger partial charge in [0, 0.05) is 11.8 Å². The highest BCUT2D eigenvalue weighted by Crippen LogP contribution is 2.45. The van der Waals surface area contributed by atoms with Crippen molar-refractivity contribution in [1.29, 1.82) is 0 Å². The van der Waals surface area contributed by atoms with Gasteiger partial charge in [0.15, 0.2) is 0 Å². The fourth-order valence-electron chi connectivity index (χ4n) is 4.65. The summed E-state index contributed by atoms with van der Waals surface area (Å²) in [5, 5.41) is 0. The number of amides is 1. The van der Waals surface area contributed by atoms with E-state index >= 15 is 0 Å². The average molecular weight is 442 g/mol. The molecule has 0 aliphatic heterocycles. The maximum absolute atomic E-state index is 15.0. The van der Waals surface area contributed by atoms with Crippen LogP contribution in [0.4, 0.5) is 4.39 Å². The molecule has 2 fully saturated rings. The molecule has 5 heteroatoms. The molecular formula is C26H32FNO2S. The summed E-state index contributed by atoms with van der Waals surface area (Å²) in [5.74, 6) is 0.863. The van der Waals surface area contributed by atoms with Crippen LogP contribution < -0.4 is 9.46 Å². The van der Waals surface area contributed by atoms with Crippen LogP contribution in [0.5, 0.6) is 5.75 Å². The molecule has 2 aromatic rings. The highest BCUT2D eigenvalue weighted by molar-refractivity contribution is 7.97. The van der Waals surface area contributed by atoms with Gasteiger partial charge in [0.2, 0.25) is 5.91 Å². The molecule has 166 valence electrons. The van der Waals surface area contributed by atoms with Crippen molar-refractivity contribution in [2.45, 2.75) is 76.2 Å². The first-order valence-electron chi connectivity index (χ1n) is 11.3. The van der Waals surface area contributed by atoms with Gasteiger partial charge in [-0.1, -0.05) is 36.6 Å². The molecule has 31 heavy (non-hydrogen) atoms. The number of carbonyl (C=O) groups is 1. The number of benzene rings is 2. The third kappa shape index (κ3) is 4.48. The van der Waals surface area contributed by atoms with Gasteiger partial charge in [-0.2, -0.15) is 0 Å². The molecule has 0 atom stereocenters. The van der Waals surface area contributed by atoms with Crippen LogP contribution in [0.1, 0.15) is 75.8 Å². The van der Waals surface area contributed by atoms with E-state index < -0.39 is 5.41 Å². The minimum Gasteiger partial charge on any atom is -0.490 e. The molecule has 0 bridgehead atoms. The maximum Gasteiger partial charge on any atom is 0.239 e. The predicted octanol–water partition coefficient (Wildman–Crippen LogP) is 6.75. The van der Waals surface area contributed by atoms with Crippen LogP contribution in [0.2, 0.25) is 0 Å². The number of hydrogen-bond acceptors (Lipinski definition) is 3. The van der Waals surface area contributed by atoms with E-state index in [9.17, 15) is 9.18 Å². The monoisotopic (exact) mass is 441 g/mol. The normalized spacial score (nSPS) is 17.4. The summed E-state index contributed by atoms with van der Waals surface area (Å²) >= 11 is 1.30. The van der Waals surface area contributed by atoms with Gasteiger partial charge in [0.1, 0.15) is 11.6 Å². The summed E-state index contributed by atoms with van der Waals surface area (Å²) in [4.78, 5) is 12.7. The molecule has 0 spiro atoms. The predicted molar refractivity (Wildman–Crippen MR) is 126 cm³/mol. The zero-order valence-electron chi connectivity index (χ0n) is 18.7. The van der Waals surface area contributed by atoms with E-state index in [1.165, 1.54) is 24.8 Å². The van der Waals surface area contributed by atoms with Crippen LogP contribution >= 0.6 is 11.9 Å². The van der Waals surface area contributed by atoms with Crippen molar-refractivity contribution < 1.29 is 13.9 Å². The molecule has 2 saturated carbocycles. The molecule has 0 saturated heterocycles. The molecule has 4 rings (SSSR count). The minimum absolute atomic E-state index is 0.0473. The average Bonchev–Trinajstić information content (AvgIpc) is 3.22. The van der Waals surface area contributed by atoms with Gasteiger partial charge in [-0.25, -0.2) is 4.39 Å². The van der Waals surface area contributed by atoms with Gasteiger partial charge in [0.05, 0.1) is 11.5 Å². The van der Waals surface area contributed by atoms with Gasteiger partial charge in [-0.15, -0.1) is 0 Å². The first-order chi connectivity index (χ1) is 14.9. The second kappa shape index (κ2) is 9.23. The van der Waals surface area contributed by atoms with E-state index in [0.717, 1.165) is 60.1 Å². The Labute approximate surface area is 189 Å². The molecule has 1 amide bonds. The molecule has 2 aliphatic carbocycles. The number of ether oxygens (including phenoxy) is 1. The van der Waals surface area contributed by atoms with E-state index in [2.05, 4.69) is 4.72 Å². The fourth-order valence-corrected chi connectivity index (χ4v) is 5.09. The van der Waals surface area contributed by atoms with Gasteiger partial charge in [-0.3, -0.25) is 9.52 Å². The number of halogens is 1. The second-order valence-corrected chi connectivity index (χ2v) is 9.94. The molecular weight excluding hydrogens is 409 g/mol. The standard InChI is InChI=1S/C26H32FNO2S/c1-26(2,25(29)28-31-3)18-14-15-23(30-19-10-4-5-11-19)21(16-18)20-12-7-13-22(27)24(20)17-8-6-9-17/h7,12-17,19H,4-6,8-11H2,1-3H3,(H,28,29). The Bertz CT molecular complexity index is 948. The minimum atomic E-state index is -0.715. The Hall–Kier alpha value is -2.01. The Balaban J connectivity index is 1.82. The highest BCUT2D eigenvalue weighted by atomic mass is 32.2. The molecule has 0 heterocycles. The van der Waals surface area contributed by atoms with E-state index in [-0.39, 0.29) is 23.7 Å². The van der Waals surface area contributed by atoms with Crippen molar-refractivity contribution in [2.75, 3.05) is 6.26 Å². The zero-order valence-corrected chi connectivity index (χ0v) is 19.5. The van der Waals surface area contributed by atoms with Gasteiger partial charge in [0.25, 0.3) is 0 Å². The molecule has 2 aliphatic rings. The Morgan fingerprint density at radius 1 is 1.06 bits per heavy atom. The third-order valence-electron chi connectivity index (χ3n) is 6.92. The zero-order chi connectivity index (χ0) is 22.0. The lowest BCUT2D eigenvalue weighted by atomic mass is 9.76. The first-order valence-corrected chi connectivity index (χ1v) is 12.6. The van der Waals surface area contributed by atoms with Crippen LogP contribution in [0, 0.1) is 5.82 Å². The van der Waals surface area contributed by atoms with Gasteiger partial charge < -0.3 is 4.74 Å². The molecule has 0 aromatic heterocycles. The summed E-state index contributed by atoms with van der Waals surface area (Å²) in [6.45, 7) is 3.85. The van der Waals surface area contributed by atoms with E-state index in [1.54, 1.807) is 12.1 Å². The lowest BCUT2D eigenvalue weighted by Crippen LogP contribution is -2.36. The lowest BCUT2D eigenvalue weighted by Gasteiger charge is -2.30. The molecule has 3 nitrogen and oxygen atoms in total.